The van der Waals surface area contributed by atoms with Crippen LogP contribution in [0.15, 0.2) is 48.7 Å². The highest BCUT2D eigenvalue weighted by Crippen LogP contribution is 2.24. The second-order valence-electron chi connectivity index (χ2n) is 6.72. The van der Waals surface area contributed by atoms with Crippen LogP contribution in [0, 0.1) is 0 Å². The molecule has 1 saturated heterocycles. The van der Waals surface area contributed by atoms with Gasteiger partial charge in [-0.15, -0.1) is 0 Å². The number of likely N-dealkylation sites (tertiary alicyclic amines) is 1. The summed E-state index contributed by atoms with van der Waals surface area (Å²) in [5, 5.41) is 0. The molecule has 0 saturated carbocycles. The van der Waals surface area contributed by atoms with Crippen LogP contribution in [0.1, 0.15) is 36.5 Å². The normalized spacial score (nSPS) is 18.7. The molecular formula is C20H26N4O. The summed E-state index contributed by atoms with van der Waals surface area (Å²) in [6.07, 6.45) is 4.82. The van der Waals surface area contributed by atoms with Crippen molar-refractivity contribution in [2.45, 2.75) is 38.3 Å². The summed E-state index contributed by atoms with van der Waals surface area (Å²) in [4.78, 5) is 21.3. The molecule has 0 aliphatic carbocycles. The Hall–Kier alpha value is -2.40. The molecule has 1 amide bonds. The fourth-order valence-electron chi connectivity index (χ4n) is 3.42. The number of nitrogens with two attached hydrogens (primary N) is 1. The summed E-state index contributed by atoms with van der Waals surface area (Å²) < 4.78 is 0. The number of carbonyl (C=O) groups excluding carboxylic acids is 1. The van der Waals surface area contributed by atoms with Gasteiger partial charge in [0.1, 0.15) is 5.82 Å². The highest BCUT2D eigenvalue weighted by atomic mass is 16.2. The van der Waals surface area contributed by atoms with Crippen molar-refractivity contribution in [2.24, 2.45) is 5.73 Å². The molecule has 3 rings (SSSR count). The van der Waals surface area contributed by atoms with Gasteiger partial charge in [0.25, 0.3) is 5.91 Å². The van der Waals surface area contributed by atoms with E-state index in [1.807, 2.05) is 66.2 Å². The van der Waals surface area contributed by atoms with Crippen LogP contribution >= 0.6 is 0 Å². The molecule has 2 N–H and O–H groups in total. The van der Waals surface area contributed by atoms with Crippen molar-refractivity contribution in [1.29, 1.82) is 0 Å². The van der Waals surface area contributed by atoms with Gasteiger partial charge in [-0.1, -0.05) is 18.2 Å². The molecule has 0 spiro atoms. The molecule has 2 unspecified atom stereocenters. The van der Waals surface area contributed by atoms with Crippen LogP contribution in [0.5, 0.6) is 0 Å². The molecule has 2 aromatic rings. The lowest BCUT2D eigenvalue weighted by molar-refractivity contribution is 0.0583. The molecule has 1 aliphatic rings. The zero-order chi connectivity index (χ0) is 17.8. The summed E-state index contributed by atoms with van der Waals surface area (Å²) >= 11 is 0. The lowest BCUT2D eigenvalue weighted by Crippen LogP contribution is -2.51. The topological polar surface area (TPSA) is 62.5 Å². The number of benzene rings is 1. The van der Waals surface area contributed by atoms with Gasteiger partial charge in [0.05, 0.1) is 5.56 Å². The van der Waals surface area contributed by atoms with Gasteiger partial charge in [0.15, 0.2) is 0 Å². The fraction of sp³-hybridized carbons (Fsp3) is 0.400. The van der Waals surface area contributed by atoms with Crippen LogP contribution in [0.4, 0.5) is 11.5 Å². The highest BCUT2D eigenvalue weighted by Gasteiger charge is 2.29. The van der Waals surface area contributed by atoms with E-state index < -0.39 is 0 Å². The molecule has 1 aromatic carbocycles. The van der Waals surface area contributed by atoms with Crippen molar-refractivity contribution in [3.8, 4) is 0 Å². The maximum atomic E-state index is 12.9. The Morgan fingerprint density at radius 1 is 1.24 bits per heavy atom. The third-order valence-electron chi connectivity index (χ3n) is 4.90. The van der Waals surface area contributed by atoms with Crippen LogP contribution < -0.4 is 10.6 Å². The van der Waals surface area contributed by atoms with Crippen LogP contribution in [0.3, 0.4) is 0 Å². The van der Waals surface area contributed by atoms with E-state index >= 15 is 0 Å². The number of para-hydroxylation sites is 1. The fourth-order valence-corrected chi connectivity index (χ4v) is 3.42. The van der Waals surface area contributed by atoms with Gasteiger partial charge in [0.2, 0.25) is 0 Å². The molecule has 2 heterocycles. The van der Waals surface area contributed by atoms with Crippen molar-refractivity contribution in [3.05, 3.63) is 54.2 Å². The first-order valence-electron chi connectivity index (χ1n) is 8.89. The van der Waals surface area contributed by atoms with Crippen molar-refractivity contribution in [2.75, 3.05) is 18.5 Å². The predicted octanol–water partition coefficient (Wildman–Crippen LogP) is 3.19. The minimum absolute atomic E-state index is 0.0132. The van der Waals surface area contributed by atoms with Crippen molar-refractivity contribution in [1.82, 2.24) is 9.88 Å². The Bertz CT molecular complexity index is 699. The van der Waals surface area contributed by atoms with Crippen molar-refractivity contribution >= 4 is 17.4 Å². The molecular weight excluding hydrogens is 312 g/mol. The van der Waals surface area contributed by atoms with Crippen LogP contribution in [0.25, 0.3) is 0 Å². The standard InChI is InChI=1S/C20H26N4O/c1-15(21)18-10-6-7-13-24(18)20(25)16-11-12-19(22-14-16)23(2)17-8-4-3-5-9-17/h3-5,8-9,11-12,14-15,18H,6-7,10,13,21H2,1-2H3. The Kier molecular flexibility index (Phi) is 5.34. The molecule has 132 valence electrons. The molecule has 1 aromatic heterocycles. The van der Waals surface area contributed by atoms with Crippen molar-refractivity contribution in [3.63, 3.8) is 0 Å². The zero-order valence-electron chi connectivity index (χ0n) is 14.9. The third-order valence-corrected chi connectivity index (χ3v) is 4.90. The lowest BCUT2D eigenvalue weighted by Gasteiger charge is -2.38. The van der Waals surface area contributed by atoms with E-state index in [-0.39, 0.29) is 18.0 Å². The quantitative estimate of drug-likeness (QED) is 0.930. The third kappa shape index (κ3) is 3.82. The Labute approximate surface area is 149 Å². The molecule has 1 fully saturated rings. The summed E-state index contributed by atoms with van der Waals surface area (Å²) in [5.74, 6) is 0.841. The molecule has 1 aliphatic heterocycles. The number of pyridine rings is 1. The molecule has 5 nitrogen and oxygen atoms in total. The van der Waals surface area contributed by atoms with E-state index in [1.54, 1.807) is 6.20 Å². The minimum Gasteiger partial charge on any atom is -0.334 e. The Balaban J connectivity index is 1.76. The average molecular weight is 338 g/mol. The molecule has 0 radical (unpaired) electrons. The lowest BCUT2D eigenvalue weighted by atomic mass is 9.96. The number of aromatic nitrogens is 1. The number of hydrogen-bond acceptors (Lipinski definition) is 4. The molecule has 2 atom stereocenters. The largest absolute Gasteiger partial charge is 0.334 e. The Morgan fingerprint density at radius 3 is 2.64 bits per heavy atom. The number of piperidine rings is 1. The maximum absolute atomic E-state index is 12.9. The van der Waals surface area contributed by atoms with Gasteiger partial charge in [-0.3, -0.25) is 4.79 Å². The van der Waals surface area contributed by atoms with E-state index in [1.165, 1.54) is 0 Å². The second-order valence-corrected chi connectivity index (χ2v) is 6.72. The maximum Gasteiger partial charge on any atom is 0.255 e. The second kappa shape index (κ2) is 7.66. The van der Waals surface area contributed by atoms with E-state index in [4.69, 9.17) is 5.73 Å². The van der Waals surface area contributed by atoms with Crippen LogP contribution in [-0.2, 0) is 0 Å². The predicted molar refractivity (Wildman–Crippen MR) is 101 cm³/mol. The number of carbonyl (C=O) groups is 1. The zero-order valence-corrected chi connectivity index (χ0v) is 14.9. The Morgan fingerprint density at radius 2 is 2.00 bits per heavy atom. The van der Waals surface area contributed by atoms with Crippen molar-refractivity contribution < 1.29 is 4.79 Å². The number of nitrogens with zero attached hydrogens (tertiary/aromatic N) is 3. The summed E-state index contributed by atoms with van der Waals surface area (Å²) in [6, 6.07) is 13.9. The first-order chi connectivity index (χ1) is 12.1. The molecule has 0 bridgehead atoms. The first-order valence-corrected chi connectivity index (χ1v) is 8.89. The summed E-state index contributed by atoms with van der Waals surface area (Å²) in [5.41, 5.74) is 7.77. The monoisotopic (exact) mass is 338 g/mol. The number of rotatable bonds is 4. The molecule has 5 heteroatoms. The minimum atomic E-state index is -0.0132. The molecule has 25 heavy (non-hydrogen) atoms. The van der Waals surface area contributed by atoms with E-state index in [2.05, 4.69) is 4.98 Å². The van der Waals surface area contributed by atoms with E-state index in [0.29, 0.717) is 5.56 Å². The number of hydrogen-bond donors (Lipinski definition) is 1. The van der Waals surface area contributed by atoms with Gasteiger partial charge >= 0.3 is 0 Å². The van der Waals surface area contributed by atoms with Gasteiger partial charge in [-0.05, 0) is 50.5 Å². The summed E-state index contributed by atoms with van der Waals surface area (Å²) in [7, 11) is 1.97. The van der Waals surface area contributed by atoms with Gasteiger partial charge in [-0.25, -0.2) is 4.98 Å². The van der Waals surface area contributed by atoms with Gasteiger partial charge in [-0.2, -0.15) is 0 Å². The van der Waals surface area contributed by atoms with Crippen LogP contribution in [0.2, 0.25) is 0 Å². The van der Waals surface area contributed by atoms with E-state index in [9.17, 15) is 4.79 Å². The number of amides is 1. The van der Waals surface area contributed by atoms with E-state index in [0.717, 1.165) is 37.3 Å². The van der Waals surface area contributed by atoms with Gasteiger partial charge in [0, 0.05) is 37.6 Å². The van der Waals surface area contributed by atoms with Crippen LogP contribution in [-0.4, -0.2) is 41.5 Å². The average Bonchev–Trinajstić information content (AvgIpc) is 2.67. The first kappa shape index (κ1) is 17.4. The highest BCUT2D eigenvalue weighted by molar-refractivity contribution is 5.94. The number of anilines is 2. The summed E-state index contributed by atoms with van der Waals surface area (Å²) in [6.45, 7) is 2.75. The van der Waals surface area contributed by atoms with Gasteiger partial charge < -0.3 is 15.5 Å². The smallest absolute Gasteiger partial charge is 0.255 e. The SMILES string of the molecule is CC(N)C1CCCCN1C(=O)c1ccc(N(C)c2ccccc2)nc1.